The first-order valence-corrected chi connectivity index (χ1v) is 7.55. The summed E-state index contributed by atoms with van der Waals surface area (Å²) in [5.74, 6) is -0.123. The van der Waals surface area contributed by atoms with Crippen molar-refractivity contribution in [2.24, 2.45) is 0 Å². The van der Waals surface area contributed by atoms with Gasteiger partial charge >= 0.3 is 5.97 Å². The van der Waals surface area contributed by atoms with Crippen LogP contribution >= 0.6 is 0 Å². The highest BCUT2D eigenvalue weighted by Crippen LogP contribution is 2.20. The number of carbonyl (C=O) groups is 2. The van der Waals surface area contributed by atoms with Crippen molar-refractivity contribution in [3.05, 3.63) is 65.9 Å². The van der Waals surface area contributed by atoms with Crippen LogP contribution in [-0.4, -0.2) is 30.0 Å². The number of fused-ring (bicyclic) bond motifs is 1. The molecule has 0 bridgehead atoms. The fourth-order valence-corrected chi connectivity index (χ4v) is 2.51. The van der Waals surface area contributed by atoms with Crippen molar-refractivity contribution in [2.45, 2.75) is 13.0 Å². The number of ether oxygens (including phenoxy) is 2. The molecule has 0 radical (unpaired) electrons. The minimum absolute atomic E-state index is 0.258. The van der Waals surface area contributed by atoms with Gasteiger partial charge in [-0.25, -0.2) is 4.79 Å². The summed E-state index contributed by atoms with van der Waals surface area (Å²) in [6.07, 6.45) is 0.719. The Morgan fingerprint density at radius 3 is 2.46 bits per heavy atom. The van der Waals surface area contributed by atoms with Crippen molar-refractivity contribution in [2.75, 3.05) is 7.11 Å². The van der Waals surface area contributed by atoms with Crippen LogP contribution in [0.25, 0.3) is 10.9 Å². The molecule has 1 atom stereocenters. The van der Waals surface area contributed by atoms with E-state index in [1.807, 2.05) is 24.3 Å². The summed E-state index contributed by atoms with van der Waals surface area (Å²) >= 11 is 0. The van der Waals surface area contributed by atoms with Crippen molar-refractivity contribution in [1.82, 2.24) is 4.98 Å². The average molecular weight is 323 g/mol. The molecule has 3 aromatic rings. The largest absolute Gasteiger partial charge is 0.497 e. The molecule has 0 unspecified atom stereocenters. The minimum atomic E-state index is -0.875. The molecule has 1 heterocycles. The highest BCUT2D eigenvalue weighted by Gasteiger charge is 2.22. The van der Waals surface area contributed by atoms with E-state index >= 15 is 0 Å². The minimum Gasteiger partial charge on any atom is -0.497 e. The number of ketones is 1. The molecule has 0 fully saturated rings. The molecule has 0 aliphatic carbocycles. The zero-order chi connectivity index (χ0) is 17.1. The van der Waals surface area contributed by atoms with Gasteiger partial charge in [0.2, 0.25) is 5.78 Å². The van der Waals surface area contributed by atoms with Crippen molar-refractivity contribution in [3.63, 3.8) is 0 Å². The second kappa shape index (κ2) is 6.58. The Balaban J connectivity index is 1.74. The lowest BCUT2D eigenvalue weighted by Gasteiger charge is -2.12. The molecule has 0 saturated carbocycles. The summed E-state index contributed by atoms with van der Waals surface area (Å²) in [6, 6.07) is 14.1. The first-order chi connectivity index (χ1) is 11.6. The number of para-hydroxylation sites is 1. The van der Waals surface area contributed by atoms with Crippen LogP contribution in [0.15, 0.2) is 54.7 Å². The van der Waals surface area contributed by atoms with E-state index in [-0.39, 0.29) is 5.78 Å². The fraction of sp³-hybridized carbons (Fsp3) is 0.158. The lowest BCUT2D eigenvalue weighted by atomic mass is 10.1. The highest BCUT2D eigenvalue weighted by atomic mass is 16.5. The molecule has 0 aliphatic rings. The van der Waals surface area contributed by atoms with Crippen molar-refractivity contribution in [1.29, 1.82) is 0 Å². The first kappa shape index (κ1) is 15.8. The molecule has 0 amide bonds. The smallest absolute Gasteiger partial charge is 0.341 e. The van der Waals surface area contributed by atoms with Gasteiger partial charge in [0.15, 0.2) is 6.10 Å². The van der Waals surface area contributed by atoms with Gasteiger partial charge in [-0.3, -0.25) is 4.79 Å². The van der Waals surface area contributed by atoms with Crippen LogP contribution in [0.1, 0.15) is 27.6 Å². The molecule has 5 nitrogen and oxygen atoms in total. The Morgan fingerprint density at radius 1 is 1.04 bits per heavy atom. The van der Waals surface area contributed by atoms with E-state index in [2.05, 4.69) is 4.98 Å². The molecule has 0 aliphatic heterocycles. The summed E-state index contributed by atoms with van der Waals surface area (Å²) in [6.45, 7) is 1.57. The van der Waals surface area contributed by atoms with Gasteiger partial charge in [0.05, 0.1) is 12.7 Å². The van der Waals surface area contributed by atoms with Gasteiger partial charge in [-0.05, 0) is 37.3 Å². The quantitative estimate of drug-likeness (QED) is 0.575. The van der Waals surface area contributed by atoms with Gasteiger partial charge in [0, 0.05) is 22.7 Å². The second-order valence-corrected chi connectivity index (χ2v) is 5.39. The number of carbonyl (C=O) groups excluding carboxylic acids is 2. The SMILES string of the molecule is COc1ccc(C(=O)[C@H](C)OC(=O)c2c[nH]c3ccccc23)cc1. The summed E-state index contributed by atoms with van der Waals surface area (Å²) in [4.78, 5) is 27.8. The number of H-pyrrole nitrogens is 1. The van der Waals surface area contributed by atoms with Crippen molar-refractivity contribution in [3.8, 4) is 5.75 Å². The van der Waals surface area contributed by atoms with Crippen LogP contribution in [0, 0.1) is 0 Å². The summed E-state index contributed by atoms with van der Waals surface area (Å²) in [5.41, 5.74) is 1.73. The topological polar surface area (TPSA) is 68.4 Å². The molecule has 2 aromatic carbocycles. The summed E-state index contributed by atoms with van der Waals surface area (Å²) in [5, 5.41) is 0.770. The normalized spacial score (nSPS) is 11.9. The van der Waals surface area contributed by atoms with Crippen LogP contribution in [0.5, 0.6) is 5.75 Å². The van der Waals surface area contributed by atoms with E-state index in [4.69, 9.17) is 9.47 Å². The molecule has 5 heteroatoms. The lowest BCUT2D eigenvalue weighted by Crippen LogP contribution is -2.24. The van der Waals surface area contributed by atoms with E-state index in [1.54, 1.807) is 44.5 Å². The number of Topliss-reactive ketones (excluding diaryl/α,β-unsaturated/α-hetero) is 1. The number of hydrogen-bond acceptors (Lipinski definition) is 4. The summed E-state index contributed by atoms with van der Waals surface area (Å²) < 4.78 is 10.4. The van der Waals surface area contributed by atoms with Gasteiger partial charge in [0.1, 0.15) is 5.75 Å². The molecule has 1 N–H and O–H groups in total. The standard InChI is InChI=1S/C19H17NO4/c1-12(18(21)13-7-9-14(23-2)10-8-13)24-19(22)16-11-20-17-6-4-3-5-15(16)17/h3-12,20H,1-2H3/t12-/m0/s1. The number of benzene rings is 2. The second-order valence-electron chi connectivity index (χ2n) is 5.39. The van der Waals surface area contributed by atoms with Gasteiger partial charge in [-0.1, -0.05) is 18.2 Å². The molecule has 24 heavy (non-hydrogen) atoms. The molecule has 122 valence electrons. The Labute approximate surface area is 139 Å². The maximum atomic E-state index is 12.4. The van der Waals surface area contributed by atoms with Crippen LogP contribution < -0.4 is 4.74 Å². The molecule has 3 rings (SSSR count). The first-order valence-electron chi connectivity index (χ1n) is 7.55. The number of aromatic amines is 1. The Hall–Kier alpha value is -3.08. The molecular weight excluding hydrogens is 306 g/mol. The average Bonchev–Trinajstić information content (AvgIpc) is 3.05. The zero-order valence-corrected chi connectivity index (χ0v) is 13.4. The van der Waals surface area contributed by atoms with Crippen molar-refractivity contribution < 1.29 is 19.1 Å². The fourth-order valence-electron chi connectivity index (χ4n) is 2.51. The number of nitrogens with one attached hydrogen (secondary N) is 1. The molecule has 1 aromatic heterocycles. The maximum absolute atomic E-state index is 12.4. The van der Waals surface area contributed by atoms with Crippen molar-refractivity contribution >= 4 is 22.7 Å². The van der Waals surface area contributed by atoms with Crippen LogP contribution in [-0.2, 0) is 4.74 Å². The Kier molecular flexibility index (Phi) is 4.33. The van der Waals surface area contributed by atoms with Crippen LogP contribution in [0.3, 0.4) is 0 Å². The third-order valence-corrected chi connectivity index (χ3v) is 3.84. The van der Waals surface area contributed by atoms with Gasteiger partial charge in [-0.2, -0.15) is 0 Å². The Bertz CT molecular complexity index is 880. The number of hydrogen-bond donors (Lipinski definition) is 1. The predicted molar refractivity (Wildman–Crippen MR) is 90.5 cm³/mol. The lowest BCUT2D eigenvalue weighted by molar-refractivity contribution is 0.0321. The van der Waals surface area contributed by atoms with E-state index in [0.29, 0.717) is 16.9 Å². The highest BCUT2D eigenvalue weighted by molar-refractivity contribution is 6.06. The van der Waals surface area contributed by atoms with Gasteiger partial charge in [-0.15, -0.1) is 0 Å². The van der Waals surface area contributed by atoms with E-state index in [1.165, 1.54) is 0 Å². The van der Waals surface area contributed by atoms with Gasteiger partial charge in [0.25, 0.3) is 0 Å². The summed E-state index contributed by atoms with van der Waals surface area (Å²) in [7, 11) is 1.56. The third-order valence-electron chi connectivity index (χ3n) is 3.84. The van der Waals surface area contributed by atoms with E-state index in [9.17, 15) is 9.59 Å². The number of methoxy groups -OCH3 is 1. The molecular formula is C19H17NO4. The Morgan fingerprint density at radius 2 is 1.75 bits per heavy atom. The van der Waals surface area contributed by atoms with Crippen LogP contribution in [0.4, 0.5) is 0 Å². The van der Waals surface area contributed by atoms with Gasteiger partial charge < -0.3 is 14.5 Å². The maximum Gasteiger partial charge on any atom is 0.341 e. The number of rotatable bonds is 5. The predicted octanol–water partition coefficient (Wildman–Crippen LogP) is 3.60. The molecule has 0 saturated heterocycles. The van der Waals surface area contributed by atoms with E-state index in [0.717, 1.165) is 10.9 Å². The molecule has 0 spiro atoms. The van der Waals surface area contributed by atoms with E-state index < -0.39 is 12.1 Å². The van der Waals surface area contributed by atoms with Crippen LogP contribution in [0.2, 0.25) is 0 Å². The number of aromatic nitrogens is 1. The monoisotopic (exact) mass is 323 g/mol. The third kappa shape index (κ3) is 3.01. The zero-order valence-electron chi connectivity index (χ0n) is 13.4. The number of esters is 1.